The second-order valence-electron chi connectivity index (χ2n) is 3.20. The lowest BCUT2D eigenvalue weighted by molar-refractivity contribution is 0.931. The summed E-state index contributed by atoms with van der Waals surface area (Å²) in [5.74, 6) is 0.566. The highest BCUT2D eigenvalue weighted by atomic mass is 15.1. The Kier molecular flexibility index (Phi) is 1.61. The molecule has 0 amide bonds. The number of aryl methyl sites for hydroxylation is 1. The van der Waals surface area contributed by atoms with Gasteiger partial charge in [-0.15, -0.1) is 0 Å². The number of hydrogen-bond acceptors (Lipinski definition) is 2. The van der Waals surface area contributed by atoms with Crippen molar-refractivity contribution in [2.45, 2.75) is 32.1 Å². The van der Waals surface area contributed by atoms with Gasteiger partial charge in [0.25, 0.3) is 0 Å². The van der Waals surface area contributed by atoms with Crippen molar-refractivity contribution in [1.29, 1.82) is 5.26 Å². The minimum absolute atomic E-state index is 0.566. The summed E-state index contributed by atoms with van der Waals surface area (Å²) in [6.07, 6.45) is 3.26. The average Bonchev–Trinajstić information content (AvgIpc) is 2.85. The molecule has 1 aliphatic carbocycles. The van der Waals surface area contributed by atoms with Crippen molar-refractivity contribution >= 4 is 0 Å². The topological polar surface area (TPSA) is 52.5 Å². The van der Waals surface area contributed by atoms with Gasteiger partial charge >= 0.3 is 0 Å². The summed E-state index contributed by atoms with van der Waals surface area (Å²) in [5.41, 5.74) is 2.77. The van der Waals surface area contributed by atoms with Crippen LogP contribution in [-0.2, 0) is 6.42 Å². The van der Waals surface area contributed by atoms with Crippen molar-refractivity contribution in [2.75, 3.05) is 0 Å². The number of aromatic nitrogens is 2. The van der Waals surface area contributed by atoms with E-state index in [-0.39, 0.29) is 0 Å². The first kappa shape index (κ1) is 7.35. The summed E-state index contributed by atoms with van der Waals surface area (Å²) in [4.78, 5) is 0. The maximum atomic E-state index is 8.89. The van der Waals surface area contributed by atoms with Crippen LogP contribution < -0.4 is 0 Å². The first-order chi connectivity index (χ1) is 5.86. The summed E-state index contributed by atoms with van der Waals surface area (Å²) >= 11 is 0. The van der Waals surface area contributed by atoms with Crippen LogP contribution in [0.4, 0.5) is 0 Å². The van der Waals surface area contributed by atoms with Gasteiger partial charge in [-0.3, -0.25) is 5.10 Å². The molecule has 0 atom stereocenters. The zero-order valence-corrected chi connectivity index (χ0v) is 7.09. The normalized spacial score (nSPS) is 16.0. The molecule has 1 aromatic heterocycles. The molecule has 0 aliphatic heterocycles. The zero-order chi connectivity index (χ0) is 8.55. The lowest BCUT2D eigenvalue weighted by Crippen LogP contribution is -1.86. The molecule has 3 heteroatoms. The summed E-state index contributed by atoms with van der Waals surface area (Å²) in [6, 6.07) is 2.22. The second-order valence-corrected chi connectivity index (χ2v) is 3.20. The van der Waals surface area contributed by atoms with E-state index in [9.17, 15) is 0 Å². The number of nitrogens with one attached hydrogen (secondary N) is 1. The summed E-state index contributed by atoms with van der Waals surface area (Å²) in [5, 5.41) is 16.0. The van der Waals surface area contributed by atoms with E-state index in [1.54, 1.807) is 0 Å². The van der Waals surface area contributed by atoms with Gasteiger partial charge in [-0.25, -0.2) is 0 Å². The summed E-state index contributed by atoms with van der Waals surface area (Å²) in [7, 11) is 0. The first-order valence-corrected chi connectivity index (χ1v) is 4.34. The summed E-state index contributed by atoms with van der Waals surface area (Å²) in [6.45, 7) is 2.03. The minimum atomic E-state index is 0.566. The molecule has 0 spiro atoms. The van der Waals surface area contributed by atoms with Crippen LogP contribution in [0.3, 0.4) is 0 Å². The average molecular weight is 161 g/mol. The third-order valence-corrected chi connectivity index (χ3v) is 2.30. The molecule has 2 rings (SSSR count). The molecule has 1 heterocycles. The SMILES string of the molecule is CCc1[nH]nc(C2CC2)c1C#N. The summed E-state index contributed by atoms with van der Waals surface area (Å²) < 4.78 is 0. The van der Waals surface area contributed by atoms with Crippen molar-refractivity contribution < 1.29 is 0 Å². The Morgan fingerprint density at radius 2 is 2.42 bits per heavy atom. The highest BCUT2D eigenvalue weighted by Gasteiger charge is 2.29. The Hall–Kier alpha value is -1.30. The molecule has 1 saturated carbocycles. The lowest BCUT2D eigenvalue weighted by atomic mass is 10.1. The molecule has 0 bridgehead atoms. The molecule has 62 valence electrons. The quantitative estimate of drug-likeness (QED) is 0.718. The van der Waals surface area contributed by atoms with Crippen molar-refractivity contribution in [2.24, 2.45) is 0 Å². The maximum Gasteiger partial charge on any atom is 0.103 e. The van der Waals surface area contributed by atoms with Crippen molar-refractivity contribution in [3.63, 3.8) is 0 Å². The fourth-order valence-electron chi connectivity index (χ4n) is 1.43. The number of nitriles is 1. The first-order valence-electron chi connectivity index (χ1n) is 4.34. The number of H-pyrrole nitrogens is 1. The van der Waals surface area contributed by atoms with Gasteiger partial charge < -0.3 is 0 Å². The highest BCUT2D eigenvalue weighted by Crippen LogP contribution is 2.40. The van der Waals surface area contributed by atoms with Gasteiger partial charge in [0, 0.05) is 5.92 Å². The molecule has 3 nitrogen and oxygen atoms in total. The van der Waals surface area contributed by atoms with Gasteiger partial charge in [-0.1, -0.05) is 6.92 Å². The van der Waals surface area contributed by atoms with Gasteiger partial charge in [0.2, 0.25) is 0 Å². The smallest absolute Gasteiger partial charge is 0.103 e. The zero-order valence-electron chi connectivity index (χ0n) is 7.09. The Labute approximate surface area is 71.4 Å². The molecule has 0 aromatic carbocycles. The van der Waals surface area contributed by atoms with E-state index in [0.717, 1.165) is 23.4 Å². The van der Waals surface area contributed by atoms with Crippen LogP contribution in [0.1, 0.15) is 42.6 Å². The predicted molar refractivity (Wildman–Crippen MR) is 44.7 cm³/mol. The molecule has 1 aliphatic rings. The highest BCUT2D eigenvalue weighted by molar-refractivity contribution is 5.40. The Morgan fingerprint density at radius 3 is 2.92 bits per heavy atom. The third-order valence-electron chi connectivity index (χ3n) is 2.30. The molecule has 0 saturated heterocycles. The van der Waals surface area contributed by atoms with Gasteiger partial charge in [0.05, 0.1) is 17.0 Å². The number of hydrogen-bond donors (Lipinski definition) is 1. The molecular weight excluding hydrogens is 150 g/mol. The standard InChI is InChI=1S/C9H11N3/c1-2-8-7(5-10)9(12-11-8)6-3-4-6/h6H,2-4H2,1H3,(H,11,12). The number of rotatable bonds is 2. The molecule has 1 N–H and O–H groups in total. The van der Waals surface area contributed by atoms with Gasteiger partial charge in [-0.05, 0) is 19.3 Å². The van der Waals surface area contributed by atoms with E-state index in [1.165, 1.54) is 12.8 Å². The lowest BCUT2D eigenvalue weighted by Gasteiger charge is -1.90. The molecule has 1 fully saturated rings. The Bertz CT molecular complexity index is 328. The molecule has 1 aromatic rings. The van der Waals surface area contributed by atoms with E-state index in [0.29, 0.717) is 5.92 Å². The van der Waals surface area contributed by atoms with E-state index in [2.05, 4.69) is 16.3 Å². The van der Waals surface area contributed by atoms with Crippen LogP contribution in [0, 0.1) is 11.3 Å². The van der Waals surface area contributed by atoms with Crippen LogP contribution in [0.25, 0.3) is 0 Å². The van der Waals surface area contributed by atoms with Crippen LogP contribution in [0.2, 0.25) is 0 Å². The number of aromatic amines is 1. The molecule has 0 radical (unpaired) electrons. The predicted octanol–water partition coefficient (Wildman–Crippen LogP) is 1.72. The van der Waals surface area contributed by atoms with Crippen molar-refractivity contribution in [1.82, 2.24) is 10.2 Å². The second kappa shape index (κ2) is 2.63. The van der Waals surface area contributed by atoms with Gasteiger partial charge in [-0.2, -0.15) is 10.4 Å². The third kappa shape index (κ3) is 1.00. The van der Waals surface area contributed by atoms with E-state index >= 15 is 0 Å². The fourth-order valence-corrected chi connectivity index (χ4v) is 1.43. The molecule has 12 heavy (non-hydrogen) atoms. The van der Waals surface area contributed by atoms with E-state index in [4.69, 9.17) is 5.26 Å². The van der Waals surface area contributed by atoms with Crippen molar-refractivity contribution in [3.8, 4) is 6.07 Å². The largest absolute Gasteiger partial charge is 0.281 e. The van der Waals surface area contributed by atoms with Gasteiger partial charge in [0.15, 0.2) is 0 Å². The maximum absolute atomic E-state index is 8.89. The Morgan fingerprint density at radius 1 is 1.67 bits per heavy atom. The monoisotopic (exact) mass is 161 g/mol. The van der Waals surface area contributed by atoms with Crippen LogP contribution >= 0.6 is 0 Å². The fraction of sp³-hybridized carbons (Fsp3) is 0.556. The van der Waals surface area contributed by atoms with Crippen LogP contribution in [0.5, 0.6) is 0 Å². The Balaban J connectivity index is 2.42. The van der Waals surface area contributed by atoms with E-state index in [1.807, 2.05) is 6.92 Å². The molecule has 0 unspecified atom stereocenters. The number of nitrogens with zero attached hydrogens (tertiary/aromatic N) is 2. The molecular formula is C9H11N3. The minimum Gasteiger partial charge on any atom is -0.281 e. The van der Waals surface area contributed by atoms with Crippen LogP contribution in [-0.4, -0.2) is 10.2 Å². The van der Waals surface area contributed by atoms with Crippen molar-refractivity contribution in [3.05, 3.63) is 17.0 Å². The van der Waals surface area contributed by atoms with E-state index < -0.39 is 0 Å². The van der Waals surface area contributed by atoms with Crippen LogP contribution in [0.15, 0.2) is 0 Å². The van der Waals surface area contributed by atoms with Gasteiger partial charge in [0.1, 0.15) is 6.07 Å².